The number of aromatic nitrogens is 3. The van der Waals surface area contributed by atoms with Gasteiger partial charge in [0.2, 0.25) is 0 Å². The van der Waals surface area contributed by atoms with E-state index < -0.39 is 0 Å². The lowest BCUT2D eigenvalue weighted by atomic mass is 10.2. The van der Waals surface area contributed by atoms with Crippen LogP contribution in [0.25, 0.3) is 5.69 Å². The van der Waals surface area contributed by atoms with E-state index in [0.717, 1.165) is 11.3 Å². The molecule has 0 atom stereocenters. The Kier molecular flexibility index (Phi) is 6.83. The smallest absolute Gasteiger partial charge is 0.316 e. The number of methoxy groups -OCH3 is 1. The molecule has 0 saturated heterocycles. The standard InChI is InChI=1S/C19H17Cl2N3O3S/c1-12-3-5-15(8-16(12)21)24-11-22-23-19(24)28-10-18(25)27-9-13-7-14(20)4-6-17(13)26-2/h3-8,11H,9-10H2,1-2H3. The van der Waals surface area contributed by atoms with Gasteiger partial charge in [-0.15, -0.1) is 10.2 Å². The number of hydrogen-bond donors (Lipinski definition) is 0. The molecular formula is C19H17Cl2N3O3S. The van der Waals surface area contributed by atoms with Crippen molar-refractivity contribution < 1.29 is 14.3 Å². The Morgan fingerprint density at radius 1 is 1.21 bits per heavy atom. The van der Waals surface area contributed by atoms with Crippen LogP contribution in [0.1, 0.15) is 11.1 Å². The van der Waals surface area contributed by atoms with Gasteiger partial charge in [0.05, 0.1) is 18.6 Å². The molecule has 0 aliphatic carbocycles. The largest absolute Gasteiger partial charge is 0.496 e. The zero-order valence-corrected chi connectivity index (χ0v) is 17.5. The van der Waals surface area contributed by atoms with Crippen molar-refractivity contribution in [1.82, 2.24) is 14.8 Å². The molecule has 1 aromatic heterocycles. The maximum atomic E-state index is 12.1. The van der Waals surface area contributed by atoms with Crippen LogP contribution in [0.2, 0.25) is 10.0 Å². The normalized spacial score (nSPS) is 10.7. The molecule has 2 aromatic carbocycles. The fraction of sp³-hybridized carbons (Fsp3) is 0.211. The zero-order chi connectivity index (χ0) is 20.1. The minimum Gasteiger partial charge on any atom is -0.496 e. The first kappa shape index (κ1) is 20.5. The molecule has 3 rings (SSSR count). The third kappa shape index (κ3) is 4.98. The first-order valence-electron chi connectivity index (χ1n) is 8.25. The predicted octanol–water partition coefficient (Wildman–Crippen LogP) is 4.73. The van der Waals surface area contributed by atoms with Crippen LogP contribution in [0.5, 0.6) is 5.75 Å². The molecule has 0 unspecified atom stereocenters. The van der Waals surface area contributed by atoms with Crippen molar-refractivity contribution in [2.24, 2.45) is 0 Å². The maximum absolute atomic E-state index is 12.1. The van der Waals surface area contributed by atoms with Gasteiger partial charge >= 0.3 is 5.97 Å². The Labute approximate surface area is 176 Å². The van der Waals surface area contributed by atoms with E-state index in [-0.39, 0.29) is 18.3 Å². The van der Waals surface area contributed by atoms with Gasteiger partial charge in [-0.05, 0) is 42.8 Å². The lowest BCUT2D eigenvalue weighted by Crippen LogP contribution is -2.09. The summed E-state index contributed by atoms with van der Waals surface area (Å²) < 4.78 is 12.3. The first-order valence-corrected chi connectivity index (χ1v) is 9.99. The van der Waals surface area contributed by atoms with E-state index >= 15 is 0 Å². The van der Waals surface area contributed by atoms with Crippen molar-refractivity contribution in [2.45, 2.75) is 18.7 Å². The second kappa shape index (κ2) is 9.32. The monoisotopic (exact) mass is 437 g/mol. The summed E-state index contributed by atoms with van der Waals surface area (Å²) in [5, 5.41) is 9.75. The van der Waals surface area contributed by atoms with Gasteiger partial charge in [-0.3, -0.25) is 9.36 Å². The Morgan fingerprint density at radius 2 is 2.04 bits per heavy atom. The number of nitrogens with zero attached hydrogens (tertiary/aromatic N) is 3. The fourth-order valence-corrected chi connectivity index (χ4v) is 3.51. The van der Waals surface area contributed by atoms with E-state index in [0.29, 0.717) is 26.5 Å². The molecule has 0 spiro atoms. The van der Waals surface area contributed by atoms with Gasteiger partial charge in [0, 0.05) is 15.6 Å². The molecule has 9 heteroatoms. The molecule has 1 heterocycles. The Hall–Kier alpha value is -2.22. The number of esters is 1. The summed E-state index contributed by atoms with van der Waals surface area (Å²) in [6, 6.07) is 10.8. The van der Waals surface area contributed by atoms with E-state index in [2.05, 4.69) is 10.2 Å². The highest BCUT2D eigenvalue weighted by molar-refractivity contribution is 7.99. The summed E-state index contributed by atoms with van der Waals surface area (Å²) in [4.78, 5) is 12.1. The molecule has 146 valence electrons. The molecule has 0 aliphatic heterocycles. The number of benzene rings is 2. The average Bonchev–Trinajstić information content (AvgIpc) is 3.15. The van der Waals surface area contributed by atoms with E-state index in [1.165, 1.54) is 11.8 Å². The lowest BCUT2D eigenvalue weighted by Gasteiger charge is -2.10. The van der Waals surface area contributed by atoms with Crippen molar-refractivity contribution in [3.05, 3.63) is 63.9 Å². The number of halogens is 2. The molecule has 0 aliphatic rings. The van der Waals surface area contributed by atoms with Gasteiger partial charge in [-0.25, -0.2) is 0 Å². The van der Waals surface area contributed by atoms with E-state index in [9.17, 15) is 4.79 Å². The van der Waals surface area contributed by atoms with E-state index in [1.54, 1.807) is 36.2 Å². The zero-order valence-electron chi connectivity index (χ0n) is 15.2. The van der Waals surface area contributed by atoms with Crippen LogP contribution in [0, 0.1) is 6.92 Å². The summed E-state index contributed by atoms with van der Waals surface area (Å²) in [6.07, 6.45) is 1.57. The van der Waals surface area contributed by atoms with Crippen LogP contribution >= 0.6 is 35.0 Å². The number of carbonyl (C=O) groups excluding carboxylic acids is 1. The third-order valence-electron chi connectivity index (χ3n) is 3.90. The van der Waals surface area contributed by atoms with Crippen molar-refractivity contribution in [2.75, 3.05) is 12.9 Å². The molecule has 0 fully saturated rings. The van der Waals surface area contributed by atoms with Crippen molar-refractivity contribution in [1.29, 1.82) is 0 Å². The van der Waals surface area contributed by atoms with Gasteiger partial charge in [-0.2, -0.15) is 0 Å². The minimum atomic E-state index is -0.386. The first-order chi connectivity index (χ1) is 13.5. The minimum absolute atomic E-state index is 0.0728. The summed E-state index contributed by atoms with van der Waals surface area (Å²) >= 11 is 13.4. The SMILES string of the molecule is COc1ccc(Cl)cc1COC(=O)CSc1nncn1-c1ccc(C)c(Cl)c1. The Morgan fingerprint density at radius 3 is 2.79 bits per heavy atom. The highest BCUT2D eigenvalue weighted by Gasteiger charge is 2.13. The average molecular weight is 438 g/mol. The maximum Gasteiger partial charge on any atom is 0.316 e. The summed E-state index contributed by atoms with van der Waals surface area (Å²) in [6.45, 7) is 2.00. The van der Waals surface area contributed by atoms with Gasteiger partial charge < -0.3 is 9.47 Å². The lowest BCUT2D eigenvalue weighted by molar-refractivity contribution is -0.141. The molecule has 0 bridgehead atoms. The highest BCUT2D eigenvalue weighted by Crippen LogP contribution is 2.25. The van der Waals surface area contributed by atoms with Crippen LogP contribution in [0.4, 0.5) is 0 Å². The predicted molar refractivity (Wildman–Crippen MR) is 110 cm³/mol. The molecule has 0 N–H and O–H groups in total. The van der Waals surface area contributed by atoms with E-state index in [4.69, 9.17) is 32.7 Å². The van der Waals surface area contributed by atoms with Crippen LogP contribution in [-0.2, 0) is 16.1 Å². The topological polar surface area (TPSA) is 66.2 Å². The van der Waals surface area contributed by atoms with Crippen molar-refractivity contribution >= 4 is 40.9 Å². The van der Waals surface area contributed by atoms with Crippen molar-refractivity contribution in [3.8, 4) is 11.4 Å². The summed E-state index contributed by atoms with van der Waals surface area (Å²) in [5.41, 5.74) is 2.50. The Bertz CT molecular complexity index is 994. The molecule has 0 saturated carbocycles. The molecule has 0 amide bonds. The highest BCUT2D eigenvalue weighted by atomic mass is 35.5. The number of aryl methyl sites for hydroxylation is 1. The molecule has 28 heavy (non-hydrogen) atoms. The number of thioether (sulfide) groups is 1. The van der Waals surface area contributed by atoms with Gasteiger partial charge in [0.25, 0.3) is 0 Å². The number of ether oxygens (including phenoxy) is 2. The second-order valence-electron chi connectivity index (χ2n) is 5.82. The Balaban J connectivity index is 1.61. The number of carbonyl (C=O) groups is 1. The van der Waals surface area contributed by atoms with Crippen molar-refractivity contribution in [3.63, 3.8) is 0 Å². The fourth-order valence-electron chi connectivity index (χ4n) is 2.41. The van der Waals surface area contributed by atoms with Gasteiger partial charge in [0.15, 0.2) is 5.16 Å². The molecule has 3 aromatic rings. The van der Waals surface area contributed by atoms with Crippen LogP contribution in [0.15, 0.2) is 47.9 Å². The van der Waals surface area contributed by atoms with Crippen LogP contribution in [-0.4, -0.2) is 33.6 Å². The van der Waals surface area contributed by atoms with E-state index in [1.807, 2.05) is 25.1 Å². The summed E-state index contributed by atoms with van der Waals surface area (Å²) in [7, 11) is 1.55. The molecule has 6 nitrogen and oxygen atoms in total. The number of hydrogen-bond acceptors (Lipinski definition) is 6. The third-order valence-corrected chi connectivity index (χ3v) is 5.46. The molecular weight excluding hydrogens is 421 g/mol. The van der Waals surface area contributed by atoms with Gasteiger partial charge in [0.1, 0.15) is 18.7 Å². The van der Waals surface area contributed by atoms with Crippen LogP contribution in [0.3, 0.4) is 0 Å². The van der Waals surface area contributed by atoms with Crippen LogP contribution < -0.4 is 4.74 Å². The molecule has 0 radical (unpaired) electrons. The summed E-state index contributed by atoms with van der Waals surface area (Å²) in [5.74, 6) is 0.311. The number of rotatable bonds is 7. The quantitative estimate of drug-likeness (QED) is 0.393. The second-order valence-corrected chi connectivity index (χ2v) is 7.61. The van der Waals surface area contributed by atoms with Gasteiger partial charge in [-0.1, -0.05) is 41.0 Å².